The zero-order chi connectivity index (χ0) is 24.6. The van der Waals surface area contributed by atoms with Gasteiger partial charge in [0.25, 0.3) is 0 Å². The van der Waals surface area contributed by atoms with Crippen LogP contribution in [-0.2, 0) is 4.79 Å². The SMILES string of the molecule is CCOc1ccc(NC(=O)CSc2nnc(-c3ccc(Cl)cc3)n2-c2ccc(OCC)cc2)cc1. The third-order valence-corrected chi connectivity index (χ3v) is 6.10. The quantitative estimate of drug-likeness (QED) is 0.260. The predicted molar refractivity (Wildman–Crippen MR) is 140 cm³/mol. The fraction of sp³-hybridized carbons (Fsp3) is 0.192. The van der Waals surface area contributed by atoms with Gasteiger partial charge in [-0.15, -0.1) is 10.2 Å². The van der Waals surface area contributed by atoms with E-state index in [0.717, 1.165) is 22.7 Å². The molecule has 0 aliphatic carbocycles. The molecule has 180 valence electrons. The number of anilines is 1. The van der Waals surface area contributed by atoms with E-state index in [0.29, 0.717) is 34.9 Å². The van der Waals surface area contributed by atoms with Crippen LogP contribution in [-0.4, -0.2) is 39.6 Å². The number of rotatable bonds is 10. The first kappa shape index (κ1) is 24.6. The van der Waals surface area contributed by atoms with Crippen molar-refractivity contribution in [1.29, 1.82) is 0 Å². The van der Waals surface area contributed by atoms with Crippen molar-refractivity contribution in [3.8, 4) is 28.6 Å². The molecular weight excluding hydrogens is 484 g/mol. The maximum atomic E-state index is 12.6. The van der Waals surface area contributed by atoms with Crippen LogP contribution in [0.2, 0.25) is 5.02 Å². The molecule has 9 heteroatoms. The van der Waals surface area contributed by atoms with Gasteiger partial charge in [0, 0.05) is 22.0 Å². The number of nitrogens with zero attached hydrogens (tertiary/aromatic N) is 3. The Kier molecular flexibility index (Phi) is 8.28. The molecule has 0 radical (unpaired) electrons. The number of halogens is 1. The molecular formula is C26H25ClN4O3S. The maximum Gasteiger partial charge on any atom is 0.234 e. The van der Waals surface area contributed by atoms with Crippen LogP contribution in [0.25, 0.3) is 17.1 Å². The zero-order valence-corrected chi connectivity index (χ0v) is 21.0. The number of ether oxygens (including phenoxy) is 2. The molecule has 0 atom stereocenters. The molecule has 0 unspecified atom stereocenters. The highest BCUT2D eigenvalue weighted by molar-refractivity contribution is 7.99. The van der Waals surface area contributed by atoms with Crippen LogP contribution in [0.5, 0.6) is 11.5 Å². The average molecular weight is 509 g/mol. The minimum absolute atomic E-state index is 0.145. The van der Waals surface area contributed by atoms with E-state index >= 15 is 0 Å². The van der Waals surface area contributed by atoms with Crippen molar-refractivity contribution in [2.75, 3.05) is 24.3 Å². The van der Waals surface area contributed by atoms with Gasteiger partial charge >= 0.3 is 0 Å². The molecule has 0 bridgehead atoms. The van der Waals surface area contributed by atoms with Crippen LogP contribution in [0.15, 0.2) is 78.0 Å². The molecule has 4 aromatic rings. The Morgan fingerprint density at radius 1 is 0.886 bits per heavy atom. The van der Waals surface area contributed by atoms with Crippen LogP contribution in [0.4, 0.5) is 5.69 Å². The highest BCUT2D eigenvalue weighted by atomic mass is 35.5. The van der Waals surface area contributed by atoms with Gasteiger partial charge in [0.15, 0.2) is 11.0 Å². The van der Waals surface area contributed by atoms with E-state index < -0.39 is 0 Å². The molecule has 3 aromatic carbocycles. The highest BCUT2D eigenvalue weighted by Crippen LogP contribution is 2.30. The van der Waals surface area contributed by atoms with Crippen molar-refractivity contribution in [2.24, 2.45) is 0 Å². The van der Waals surface area contributed by atoms with Crippen molar-refractivity contribution >= 4 is 35.0 Å². The molecule has 0 fully saturated rings. The van der Waals surface area contributed by atoms with Crippen molar-refractivity contribution in [1.82, 2.24) is 14.8 Å². The van der Waals surface area contributed by atoms with Gasteiger partial charge in [-0.05, 0) is 86.6 Å². The fourth-order valence-electron chi connectivity index (χ4n) is 3.37. The minimum atomic E-state index is -0.145. The van der Waals surface area contributed by atoms with Gasteiger partial charge in [0.05, 0.1) is 19.0 Å². The Morgan fingerprint density at radius 2 is 1.49 bits per heavy atom. The second-order valence-corrected chi connectivity index (χ2v) is 8.75. The van der Waals surface area contributed by atoms with Crippen molar-refractivity contribution in [3.63, 3.8) is 0 Å². The molecule has 0 saturated carbocycles. The topological polar surface area (TPSA) is 78.3 Å². The molecule has 4 rings (SSSR count). The average Bonchev–Trinajstić information content (AvgIpc) is 3.29. The Hall–Kier alpha value is -3.49. The number of aromatic nitrogens is 3. The fourth-order valence-corrected chi connectivity index (χ4v) is 4.25. The van der Waals surface area contributed by atoms with Crippen molar-refractivity contribution < 1.29 is 14.3 Å². The van der Waals surface area contributed by atoms with E-state index in [4.69, 9.17) is 21.1 Å². The number of carbonyl (C=O) groups excluding carboxylic acids is 1. The van der Waals surface area contributed by atoms with E-state index in [1.807, 2.05) is 91.2 Å². The summed E-state index contributed by atoms with van der Waals surface area (Å²) in [5.74, 6) is 2.22. The largest absolute Gasteiger partial charge is 0.494 e. The lowest BCUT2D eigenvalue weighted by molar-refractivity contribution is -0.113. The third kappa shape index (κ3) is 6.35. The van der Waals surface area contributed by atoms with Gasteiger partial charge < -0.3 is 14.8 Å². The Balaban J connectivity index is 1.54. The summed E-state index contributed by atoms with van der Waals surface area (Å²) in [6.07, 6.45) is 0. The number of hydrogen-bond donors (Lipinski definition) is 1. The van der Waals surface area contributed by atoms with Crippen molar-refractivity contribution in [3.05, 3.63) is 77.8 Å². The van der Waals surface area contributed by atoms with Gasteiger partial charge in [0.2, 0.25) is 5.91 Å². The van der Waals surface area contributed by atoms with E-state index in [1.165, 1.54) is 11.8 Å². The molecule has 0 saturated heterocycles. The Bertz CT molecular complexity index is 1260. The van der Waals surface area contributed by atoms with Gasteiger partial charge in [0.1, 0.15) is 11.5 Å². The first-order valence-corrected chi connectivity index (χ1v) is 12.5. The summed E-state index contributed by atoms with van der Waals surface area (Å²) < 4.78 is 12.9. The number of amides is 1. The molecule has 1 heterocycles. The monoisotopic (exact) mass is 508 g/mol. The predicted octanol–water partition coefficient (Wildman–Crippen LogP) is 6.12. The minimum Gasteiger partial charge on any atom is -0.494 e. The molecule has 0 aliphatic rings. The lowest BCUT2D eigenvalue weighted by atomic mass is 10.2. The zero-order valence-electron chi connectivity index (χ0n) is 19.4. The lowest BCUT2D eigenvalue weighted by Gasteiger charge is -2.12. The molecule has 7 nitrogen and oxygen atoms in total. The van der Waals surface area contributed by atoms with Crippen molar-refractivity contribution in [2.45, 2.75) is 19.0 Å². The Morgan fingerprint density at radius 3 is 2.09 bits per heavy atom. The lowest BCUT2D eigenvalue weighted by Crippen LogP contribution is -2.14. The summed E-state index contributed by atoms with van der Waals surface area (Å²) in [7, 11) is 0. The van der Waals surface area contributed by atoms with Gasteiger partial charge in [-0.2, -0.15) is 0 Å². The van der Waals surface area contributed by atoms with Crippen LogP contribution in [0.1, 0.15) is 13.8 Å². The summed E-state index contributed by atoms with van der Waals surface area (Å²) in [6.45, 7) is 5.05. The summed E-state index contributed by atoms with van der Waals surface area (Å²) in [6, 6.07) is 22.4. The molecule has 1 aromatic heterocycles. The van der Waals surface area contributed by atoms with Crippen LogP contribution in [0, 0.1) is 0 Å². The first-order chi connectivity index (χ1) is 17.1. The highest BCUT2D eigenvalue weighted by Gasteiger charge is 2.18. The second-order valence-electron chi connectivity index (χ2n) is 7.37. The van der Waals surface area contributed by atoms with E-state index in [-0.39, 0.29) is 11.7 Å². The van der Waals surface area contributed by atoms with Gasteiger partial charge in [-0.1, -0.05) is 23.4 Å². The first-order valence-electron chi connectivity index (χ1n) is 11.2. The molecule has 1 N–H and O–H groups in total. The molecule has 0 aliphatic heterocycles. The number of thioether (sulfide) groups is 1. The molecule has 0 spiro atoms. The number of benzene rings is 3. The second kappa shape index (κ2) is 11.8. The summed E-state index contributed by atoms with van der Waals surface area (Å²) in [5, 5.41) is 12.9. The summed E-state index contributed by atoms with van der Waals surface area (Å²) in [5.41, 5.74) is 2.42. The summed E-state index contributed by atoms with van der Waals surface area (Å²) >= 11 is 7.38. The molecule has 35 heavy (non-hydrogen) atoms. The number of carbonyl (C=O) groups is 1. The molecule has 1 amide bonds. The van der Waals surface area contributed by atoms with E-state index in [2.05, 4.69) is 15.5 Å². The van der Waals surface area contributed by atoms with Crippen LogP contribution < -0.4 is 14.8 Å². The number of hydrogen-bond acceptors (Lipinski definition) is 6. The number of nitrogens with one attached hydrogen (secondary N) is 1. The Labute approximate surface area is 213 Å². The smallest absolute Gasteiger partial charge is 0.234 e. The van der Waals surface area contributed by atoms with Gasteiger partial charge in [-0.3, -0.25) is 9.36 Å². The van der Waals surface area contributed by atoms with E-state index in [9.17, 15) is 4.79 Å². The van der Waals surface area contributed by atoms with Crippen LogP contribution >= 0.6 is 23.4 Å². The third-order valence-electron chi connectivity index (χ3n) is 4.92. The maximum absolute atomic E-state index is 12.6. The van der Waals surface area contributed by atoms with Gasteiger partial charge in [-0.25, -0.2) is 0 Å². The van der Waals surface area contributed by atoms with E-state index in [1.54, 1.807) is 0 Å². The standard InChI is InChI=1S/C26H25ClN4O3S/c1-3-33-22-13-9-20(10-14-22)28-24(32)17-35-26-30-29-25(18-5-7-19(27)8-6-18)31(26)21-11-15-23(16-12-21)34-4-2/h5-16H,3-4,17H2,1-2H3,(H,28,32). The normalized spacial score (nSPS) is 10.7. The summed E-state index contributed by atoms with van der Waals surface area (Å²) in [4.78, 5) is 12.6. The van der Waals surface area contributed by atoms with Crippen LogP contribution in [0.3, 0.4) is 0 Å².